The molecule has 6 heteroatoms. The van der Waals surface area contributed by atoms with Gasteiger partial charge in [-0.25, -0.2) is 0 Å². The van der Waals surface area contributed by atoms with Gasteiger partial charge in [0.15, 0.2) is 11.5 Å². The number of carbonyl (C=O) groups is 1. The van der Waals surface area contributed by atoms with Gasteiger partial charge in [-0.2, -0.15) is 0 Å². The monoisotopic (exact) mass is 367 g/mol. The maximum absolute atomic E-state index is 13.1. The molecule has 1 fully saturated rings. The third kappa shape index (κ3) is 2.17. The van der Waals surface area contributed by atoms with Gasteiger partial charge in [0.05, 0.1) is 48.9 Å². The number of ketones is 1. The highest BCUT2D eigenvalue weighted by molar-refractivity contribution is 6.26. The smallest absolute Gasteiger partial charge is 0.201 e. The number of carbonyl (C=O) groups excluding carboxylic acids is 1. The molecule has 1 saturated heterocycles. The molecule has 1 aliphatic heterocycles. The molecule has 1 aromatic carbocycles. The Kier molecular flexibility index (Phi) is 3.22. The number of ether oxygens (including phenoxy) is 3. The first-order chi connectivity index (χ1) is 12.8. The molecule has 0 unspecified atom stereocenters. The first kappa shape index (κ1) is 16.6. The Morgan fingerprint density at radius 3 is 2.56 bits per heavy atom. The molecule has 0 amide bonds. The molecule has 140 valence electrons. The molecule has 3 heterocycles. The van der Waals surface area contributed by atoms with E-state index >= 15 is 0 Å². The standard InChI is InChI=1S/C21H21NO5/c1-20(2)26-10-21(3,11-27-20)22-9-12-5-6-14(24-4)16-15(12)17(22)19-13(18(16)23)7-8-25-19/h5-9H,10-11H2,1-4H3. The van der Waals surface area contributed by atoms with E-state index in [2.05, 4.69) is 11.5 Å². The summed E-state index contributed by atoms with van der Waals surface area (Å²) in [6.45, 7) is 6.90. The van der Waals surface area contributed by atoms with Gasteiger partial charge in [-0.15, -0.1) is 0 Å². The molecule has 2 aliphatic rings. The molecule has 0 radical (unpaired) electrons. The minimum atomic E-state index is -0.608. The van der Waals surface area contributed by atoms with Crippen molar-refractivity contribution in [2.75, 3.05) is 20.3 Å². The van der Waals surface area contributed by atoms with Gasteiger partial charge in [-0.05, 0) is 39.0 Å². The summed E-state index contributed by atoms with van der Waals surface area (Å²) in [6.07, 6.45) is 3.60. The van der Waals surface area contributed by atoms with E-state index in [1.54, 1.807) is 19.4 Å². The van der Waals surface area contributed by atoms with Crippen molar-refractivity contribution in [1.82, 2.24) is 4.57 Å². The van der Waals surface area contributed by atoms with Gasteiger partial charge >= 0.3 is 0 Å². The largest absolute Gasteiger partial charge is 0.496 e. The van der Waals surface area contributed by atoms with Crippen LogP contribution in [0.15, 0.2) is 35.1 Å². The van der Waals surface area contributed by atoms with E-state index in [0.717, 1.165) is 16.5 Å². The highest BCUT2D eigenvalue weighted by Crippen LogP contribution is 2.46. The summed E-state index contributed by atoms with van der Waals surface area (Å²) in [7, 11) is 1.58. The lowest BCUT2D eigenvalue weighted by Gasteiger charge is -2.43. The Hall–Kier alpha value is -2.57. The first-order valence-electron chi connectivity index (χ1n) is 8.98. The topological polar surface area (TPSA) is 62.8 Å². The molecule has 27 heavy (non-hydrogen) atoms. The Morgan fingerprint density at radius 2 is 1.85 bits per heavy atom. The minimum absolute atomic E-state index is 0.0751. The molecule has 0 N–H and O–H groups in total. The summed E-state index contributed by atoms with van der Waals surface area (Å²) in [6, 6.07) is 5.53. The van der Waals surface area contributed by atoms with Gasteiger partial charge < -0.3 is 23.2 Å². The predicted molar refractivity (Wildman–Crippen MR) is 99.3 cm³/mol. The Balaban J connectivity index is 1.81. The second kappa shape index (κ2) is 5.24. The number of rotatable bonds is 2. The van der Waals surface area contributed by atoms with Crippen LogP contribution in [0.2, 0.25) is 0 Å². The van der Waals surface area contributed by atoms with Crippen molar-refractivity contribution >= 4 is 16.6 Å². The minimum Gasteiger partial charge on any atom is -0.496 e. The lowest BCUT2D eigenvalue weighted by Crippen LogP contribution is -2.50. The summed E-state index contributed by atoms with van der Waals surface area (Å²) < 4.78 is 25.3. The number of hydrogen-bond donors (Lipinski definition) is 0. The molecule has 1 aliphatic carbocycles. The van der Waals surface area contributed by atoms with Crippen LogP contribution in [0.5, 0.6) is 5.75 Å². The molecular weight excluding hydrogens is 346 g/mol. The molecule has 5 rings (SSSR count). The molecule has 0 bridgehead atoms. The number of fused-ring (bicyclic) bond motifs is 2. The molecule has 0 saturated carbocycles. The lowest BCUT2D eigenvalue weighted by molar-refractivity contribution is -0.277. The van der Waals surface area contributed by atoms with E-state index in [-0.39, 0.29) is 5.78 Å². The molecule has 0 atom stereocenters. The molecular formula is C21H21NO5. The van der Waals surface area contributed by atoms with Crippen molar-refractivity contribution in [3.63, 3.8) is 0 Å². The van der Waals surface area contributed by atoms with Crippen LogP contribution < -0.4 is 4.74 Å². The van der Waals surface area contributed by atoms with Crippen LogP contribution in [0.1, 0.15) is 36.7 Å². The zero-order valence-electron chi connectivity index (χ0n) is 15.8. The van der Waals surface area contributed by atoms with E-state index in [0.29, 0.717) is 35.9 Å². The number of benzene rings is 1. The summed E-state index contributed by atoms with van der Waals surface area (Å²) in [5.41, 5.74) is 1.57. The number of methoxy groups -OCH3 is 1. The lowest BCUT2D eigenvalue weighted by atomic mass is 9.90. The highest BCUT2D eigenvalue weighted by Gasteiger charge is 2.42. The number of furan rings is 1. The summed E-state index contributed by atoms with van der Waals surface area (Å²) in [5, 5.41) is 1.81. The van der Waals surface area contributed by atoms with E-state index < -0.39 is 11.3 Å². The van der Waals surface area contributed by atoms with Gasteiger partial charge in [0.2, 0.25) is 5.78 Å². The summed E-state index contributed by atoms with van der Waals surface area (Å²) >= 11 is 0. The SMILES string of the molecule is COc1ccc2cn(C3(C)COC(C)(C)OC3)c3c2c1C(=O)c1ccoc1-3. The zero-order chi connectivity index (χ0) is 19.0. The fourth-order valence-electron chi connectivity index (χ4n) is 4.02. The molecule has 2 aromatic heterocycles. The van der Waals surface area contributed by atoms with Crippen LogP contribution in [0.3, 0.4) is 0 Å². The van der Waals surface area contributed by atoms with Crippen molar-refractivity contribution in [2.45, 2.75) is 32.1 Å². The van der Waals surface area contributed by atoms with Crippen LogP contribution in [0.25, 0.3) is 22.2 Å². The van der Waals surface area contributed by atoms with Crippen molar-refractivity contribution < 1.29 is 23.4 Å². The quantitative estimate of drug-likeness (QED) is 0.537. The molecule has 3 aromatic rings. The van der Waals surface area contributed by atoms with Crippen molar-refractivity contribution in [2.24, 2.45) is 0 Å². The molecule has 0 spiro atoms. The predicted octanol–water partition coefficient (Wildman–Crippen LogP) is 3.95. The van der Waals surface area contributed by atoms with E-state index in [4.69, 9.17) is 18.6 Å². The zero-order valence-corrected chi connectivity index (χ0v) is 15.8. The average molecular weight is 367 g/mol. The fraction of sp³-hybridized carbons (Fsp3) is 0.381. The van der Waals surface area contributed by atoms with Crippen LogP contribution in [-0.4, -0.2) is 36.5 Å². The maximum atomic E-state index is 13.1. The van der Waals surface area contributed by atoms with Crippen molar-refractivity contribution in [3.05, 3.63) is 41.8 Å². The van der Waals surface area contributed by atoms with Gasteiger partial charge in [0.25, 0.3) is 0 Å². The van der Waals surface area contributed by atoms with Gasteiger partial charge in [-0.3, -0.25) is 4.79 Å². The van der Waals surface area contributed by atoms with Crippen molar-refractivity contribution in [3.8, 4) is 17.2 Å². The maximum Gasteiger partial charge on any atom is 0.201 e. The average Bonchev–Trinajstić information content (AvgIpc) is 3.27. The number of aromatic nitrogens is 1. The Bertz CT molecular complexity index is 1080. The first-order valence-corrected chi connectivity index (χ1v) is 8.98. The third-order valence-corrected chi connectivity index (χ3v) is 5.56. The van der Waals surface area contributed by atoms with E-state index in [1.165, 1.54) is 0 Å². The van der Waals surface area contributed by atoms with Crippen molar-refractivity contribution in [1.29, 1.82) is 0 Å². The van der Waals surface area contributed by atoms with Crippen LogP contribution >= 0.6 is 0 Å². The highest BCUT2D eigenvalue weighted by atomic mass is 16.7. The Labute approximate surface area is 156 Å². The molecule has 6 nitrogen and oxygen atoms in total. The number of hydrogen-bond acceptors (Lipinski definition) is 5. The Morgan fingerprint density at radius 1 is 1.11 bits per heavy atom. The second-order valence-electron chi connectivity index (χ2n) is 7.92. The van der Waals surface area contributed by atoms with Crippen LogP contribution in [0, 0.1) is 0 Å². The normalized spacial score (nSPS) is 19.9. The van der Waals surface area contributed by atoms with E-state index in [9.17, 15) is 4.79 Å². The van der Waals surface area contributed by atoms with Gasteiger partial charge in [-0.1, -0.05) is 0 Å². The number of nitrogens with zero attached hydrogens (tertiary/aromatic N) is 1. The summed E-state index contributed by atoms with van der Waals surface area (Å²) in [4.78, 5) is 13.1. The van der Waals surface area contributed by atoms with Gasteiger partial charge in [0.1, 0.15) is 5.75 Å². The van der Waals surface area contributed by atoms with Gasteiger partial charge in [0, 0.05) is 17.0 Å². The van der Waals surface area contributed by atoms with Crippen LogP contribution in [0.4, 0.5) is 0 Å². The van der Waals surface area contributed by atoms with E-state index in [1.807, 2.05) is 32.2 Å². The third-order valence-electron chi connectivity index (χ3n) is 5.56. The van der Waals surface area contributed by atoms with Crippen LogP contribution in [-0.2, 0) is 15.0 Å². The summed E-state index contributed by atoms with van der Waals surface area (Å²) in [5.74, 6) is 0.472. The second-order valence-corrected chi connectivity index (χ2v) is 7.92. The fourth-order valence-corrected chi connectivity index (χ4v) is 4.02.